The van der Waals surface area contributed by atoms with E-state index in [0.29, 0.717) is 23.0 Å². The molecule has 0 unspecified atom stereocenters. The van der Waals surface area contributed by atoms with Crippen LogP contribution in [0.4, 0.5) is 0 Å². The maximum Gasteiger partial charge on any atom is 0.243 e. The van der Waals surface area contributed by atoms with Gasteiger partial charge in [-0.1, -0.05) is 11.6 Å². The van der Waals surface area contributed by atoms with Crippen LogP contribution in [0.3, 0.4) is 0 Å². The maximum atomic E-state index is 12.8. The molecule has 1 aromatic carbocycles. The predicted molar refractivity (Wildman–Crippen MR) is 85.5 cm³/mol. The molecule has 3 rings (SSSR count). The summed E-state index contributed by atoms with van der Waals surface area (Å²) in [5.41, 5.74) is 2.12. The van der Waals surface area contributed by atoms with Crippen molar-refractivity contribution >= 4 is 21.6 Å². The van der Waals surface area contributed by atoms with Crippen LogP contribution in [0, 0.1) is 6.92 Å². The standard InChI is InChI=1S/C15H18ClN3O2S/c1-11-9-17-18-15(11)12-3-2-8-19(10-12)22(20,21)14-6-4-13(16)5-7-14/h4-7,9,12H,2-3,8,10H2,1H3,(H,17,18)/t12-/m1/s1. The number of aromatic nitrogens is 2. The van der Waals surface area contributed by atoms with Crippen molar-refractivity contribution in [3.05, 3.63) is 46.7 Å². The first kappa shape index (κ1) is 15.5. The fraction of sp³-hybridized carbons (Fsp3) is 0.400. The van der Waals surface area contributed by atoms with E-state index in [1.807, 2.05) is 6.92 Å². The first-order chi connectivity index (χ1) is 10.5. The van der Waals surface area contributed by atoms with Crippen LogP contribution < -0.4 is 0 Å². The minimum atomic E-state index is -3.48. The normalized spacial score (nSPS) is 20.2. The number of H-pyrrole nitrogens is 1. The lowest BCUT2D eigenvalue weighted by molar-refractivity contribution is 0.312. The average Bonchev–Trinajstić information content (AvgIpc) is 2.94. The number of benzene rings is 1. The molecule has 1 N–H and O–H groups in total. The number of nitrogens with one attached hydrogen (secondary N) is 1. The van der Waals surface area contributed by atoms with Crippen LogP contribution in [0.1, 0.15) is 30.0 Å². The Morgan fingerprint density at radius 3 is 2.68 bits per heavy atom. The quantitative estimate of drug-likeness (QED) is 0.935. The molecule has 0 spiro atoms. The third-order valence-electron chi connectivity index (χ3n) is 4.11. The number of piperidine rings is 1. The summed E-state index contributed by atoms with van der Waals surface area (Å²) in [6, 6.07) is 6.33. The van der Waals surface area contributed by atoms with Crippen molar-refractivity contribution < 1.29 is 8.42 Å². The molecular formula is C15H18ClN3O2S. The van der Waals surface area contributed by atoms with E-state index in [4.69, 9.17) is 11.6 Å². The molecule has 5 nitrogen and oxygen atoms in total. The number of sulfonamides is 1. The Kier molecular flexibility index (Phi) is 4.25. The van der Waals surface area contributed by atoms with E-state index in [2.05, 4.69) is 10.2 Å². The lowest BCUT2D eigenvalue weighted by Crippen LogP contribution is -2.39. The van der Waals surface area contributed by atoms with Gasteiger partial charge in [0.2, 0.25) is 10.0 Å². The summed E-state index contributed by atoms with van der Waals surface area (Å²) < 4.78 is 27.1. The van der Waals surface area contributed by atoms with Crippen molar-refractivity contribution in [3.63, 3.8) is 0 Å². The summed E-state index contributed by atoms with van der Waals surface area (Å²) in [4.78, 5) is 0.291. The summed E-state index contributed by atoms with van der Waals surface area (Å²) in [5.74, 6) is 0.165. The molecule has 1 aliphatic rings. The third kappa shape index (κ3) is 2.91. The van der Waals surface area contributed by atoms with E-state index in [1.165, 1.54) is 0 Å². The summed E-state index contributed by atoms with van der Waals surface area (Å²) in [5, 5.41) is 7.58. The number of aromatic amines is 1. The second kappa shape index (κ2) is 6.02. The lowest BCUT2D eigenvalue weighted by atomic mass is 9.94. The highest BCUT2D eigenvalue weighted by atomic mass is 35.5. The average molecular weight is 340 g/mol. The number of hydrogen-bond donors (Lipinski definition) is 1. The topological polar surface area (TPSA) is 66.1 Å². The summed E-state index contributed by atoms with van der Waals surface area (Å²) >= 11 is 5.84. The molecule has 0 saturated carbocycles. The third-order valence-corrected chi connectivity index (χ3v) is 6.24. The molecule has 0 amide bonds. The predicted octanol–water partition coefficient (Wildman–Crippen LogP) is 2.94. The van der Waals surface area contributed by atoms with Gasteiger partial charge in [0.05, 0.1) is 11.1 Å². The Bertz CT molecular complexity index is 755. The van der Waals surface area contributed by atoms with Gasteiger partial charge in [0.25, 0.3) is 0 Å². The second-order valence-corrected chi connectivity index (χ2v) is 8.00. The van der Waals surface area contributed by atoms with Crippen molar-refractivity contribution in [2.24, 2.45) is 0 Å². The summed E-state index contributed by atoms with van der Waals surface area (Å²) in [7, 11) is -3.48. The van der Waals surface area contributed by atoms with E-state index < -0.39 is 10.0 Å². The monoisotopic (exact) mass is 339 g/mol. The Labute approximate surface area is 135 Å². The molecule has 2 aromatic rings. The Hall–Kier alpha value is -1.37. The van der Waals surface area contributed by atoms with Gasteiger partial charge in [-0.05, 0) is 49.6 Å². The molecule has 1 aliphatic heterocycles. The summed E-state index contributed by atoms with van der Waals surface area (Å²) in [6.07, 6.45) is 3.59. The van der Waals surface area contributed by atoms with Crippen molar-refractivity contribution in [2.75, 3.05) is 13.1 Å². The SMILES string of the molecule is Cc1cn[nH]c1[C@@H]1CCCN(S(=O)(=O)c2ccc(Cl)cc2)C1. The zero-order valence-corrected chi connectivity index (χ0v) is 13.9. The van der Waals surface area contributed by atoms with Crippen molar-refractivity contribution in [3.8, 4) is 0 Å². The minimum absolute atomic E-state index is 0.165. The molecule has 0 bridgehead atoms. The molecule has 1 saturated heterocycles. The lowest BCUT2D eigenvalue weighted by Gasteiger charge is -2.31. The van der Waals surface area contributed by atoms with Crippen LogP contribution in [-0.4, -0.2) is 36.0 Å². The van der Waals surface area contributed by atoms with E-state index in [0.717, 1.165) is 24.1 Å². The van der Waals surface area contributed by atoms with Gasteiger partial charge >= 0.3 is 0 Å². The highest BCUT2D eigenvalue weighted by molar-refractivity contribution is 7.89. The Morgan fingerprint density at radius 1 is 1.32 bits per heavy atom. The number of halogens is 1. The zero-order valence-electron chi connectivity index (χ0n) is 12.3. The molecule has 1 aromatic heterocycles. The first-order valence-electron chi connectivity index (χ1n) is 7.24. The van der Waals surface area contributed by atoms with Gasteiger partial charge < -0.3 is 0 Å². The van der Waals surface area contributed by atoms with Gasteiger partial charge in [-0.25, -0.2) is 8.42 Å². The van der Waals surface area contributed by atoms with Crippen LogP contribution >= 0.6 is 11.6 Å². The first-order valence-corrected chi connectivity index (χ1v) is 9.06. The molecule has 1 fully saturated rings. The van der Waals surface area contributed by atoms with E-state index in [1.54, 1.807) is 34.8 Å². The molecular weight excluding hydrogens is 322 g/mol. The fourth-order valence-corrected chi connectivity index (χ4v) is 4.57. The van der Waals surface area contributed by atoms with Crippen LogP contribution in [0.25, 0.3) is 0 Å². The molecule has 22 heavy (non-hydrogen) atoms. The van der Waals surface area contributed by atoms with Crippen molar-refractivity contribution in [1.82, 2.24) is 14.5 Å². The van der Waals surface area contributed by atoms with Gasteiger partial charge in [0.1, 0.15) is 0 Å². The second-order valence-electron chi connectivity index (χ2n) is 5.62. The van der Waals surface area contributed by atoms with Gasteiger partial charge in [0.15, 0.2) is 0 Å². The van der Waals surface area contributed by atoms with E-state index >= 15 is 0 Å². The maximum absolute atomic E-state index is 12.8. The number of aryl methyl sites for hydroxylation is 1. The van der Waals surface area contributed by atoms with Crippen molar-refractivity contribution in [1.29, 1.82) is 0 Å². The summed E-state index contributed by atoms with van der Waals surface area (Å²) in [6.45, 7) is 3.02. The molecule has 0 aliphatic carbocycles. The van der Waals surface area contributed by atoms with Crippen LogP contribution in [0.2, 0.25) is 5.02 Å². The van der Waals surface area contributed by atoms with Gasteiger partial charge in [-0.3, -0.25) is 5.10 Å². The molecule has 118 valence electrons. The van der Waals surface area contributed by atoms with Gasteiger partial charge in [-0.15, -0.1) is 0 Å². The number of nitrogens with zero attached hydrogens (tertiary/aromatic N) is 2. The van der Waals surface area contributed by atoms with E-state index in [9.17, 15) is 8.42 Å². The van der Waals surface area contributed by atoms with E-state index in [-0.39, 0.29) is 5.92 Å². The largest absolute Gasteiger partial charge is 0.282 e. The Balaban J connectivity index is 1.85. The van der Waals surface area contributed by atoms with Crippen molar-refractivity contribution in [2.45, 2.75) is 30.6 Å². The smallest absolute Gasteiger partial charge is 0.243 e. The molecule has 2 heterocycles. The number of hydrogen-bond acceptors (Lipinski definition) is 3. The van der Waals surface area contributed by atoms with Crippen LogP contribution in [0.5, 0.6) is 0 Å². The Morgan fingerprint density at radius 2 is 2.05 bits per heavy atom. The zero-order chi connectivity index (χ0) is 15.7. The highest BCUT2D eigenvalue weighted by Gasteiger charge is 2.31. The fourth-order valence-electron chi connectivity index (χ4n) is 2.92. The minimum Gasteiger partial charge on any atom is -0.282 e. The molecule has 7 heteroatoms. The van der Waals surface area contributed by atoms with Gasteiger partial charge in [-0.2, -0.15) is 9.40 Å². The van der Waals surface area contributed by atoms with Crippen LogP contribution in [0.15, 0.2) is 35.4 Å². The van der Waals surface area contributed by atoms with Crippen LogP contribution in [-0.2, 0) is 10.0 Å². The highest BCUT2D eigenvalue weighted by Crippen LogP contribution is 2.30. The molecule has 1 atom stereocenters. The van der Waals surface area contributed by atoms with Gasteiger partial charge in [0, 0.05) is 29.7 Å². The molecule has 0 radical (unpaired) electrons. The number of rotatable bonds is 3.